The van der Waals surface area contributed by atoms with Gasteiger partial charge in [-0.05, 0) is 6.07 Å². The molecule has 10 N–H and O–H groups in total. The zero-order valence-corrected chi connectivity index (χ0v) is 23.2. The van der Waals surface area contributed by atoms with Gasteiger partial charge in [-0.2, -0.15) is 9.97 Å². The molecule has 3 aromatic heterocycles. The summed E-state index contributed by atoms with van der Waals surface area (Å²) in [4.78, 5) is 57.4. The van der Waals surface area contributed by atoms with Crippen LogP contribution in [0.1, 0.15) is 12.5 Å². The van der Waals surface area contributed by atoms with Gasteiger partial charge in [0.25, 0.3) is 5.56 Å². The standard InChI is InChI=1S/C19H24N8O14P2/c20-8-1-2-26(19(32)23-8)17-12(30)13(7(40-17)3-37-42(33)34)41-43(35,36)38-4-6-10(28)11(29)16(39-6)27-5-22-9-14(27)24-18(21)25-15(9)31/h1-2,5-7,10-13,16-17,28-30H,3-4H2,(H6-,20,21,23,24,25,31,32,33,34,35,36)/p+1/t6-,7-,10-,11-,12-,13-,16-,17-/m1/s1. The highest BCUT2D eigenvalue weighted by Gasteiger charge is 2.51. The Morgan fingerprint density at radius 3 is 2.44 bits per heavy atom. The first kappa shape index (κ1) is 31.2. The number of nitrogens with one attached hydrogen (secondary N) is 1. The van der Waals surface area contributed by atoms with E-state index >= 15 is 0 Å². The van der Waals surface area contributed by atoms with Crippen LogP contribution in [0.3, 0.4) is 0 Å². The molecule has 234 valence electrons. The topological polar surface area (TPSA) is 332 Å². The first-order valence-electron chi connectivity index (χ1n) is 12.1. The number of anilines is 2. The van der Waals surface area contributed by atoms with Crippen molar-refractivity contribution in [1.82, 2.24) is 29.1 Å². The van der Waals surface area contributed by atoms with Crippen molar-refractivity contribution in [3.8, 4) is 0 Å². The molecule has 22 nitrogen and oxygen atoms in total. The summed E-state index contributed by atoms with van der Waals surface area (Å²) in [5, 5.41) is 31.9. The number of H-pyrrole nitrogens is 1. The smallest absolute Gasteiger partial charge is 0.387 e. The Hall–Kier alpha value is -3.24. The van der Waals surface area contributed by atoms with E-state index < -0.39 is 89.6 Å². The maximum atomic E-state index is 12.9. The molecular formula is C19H25N8O14P2+. The number of phosphoric ester groups is 1. The minimum Gasteiger partial charge on any atom is -0.387 e. The number of nitrogen functional groups attached to an aromatic ring is 2. The van der Waals surface area contributed by atoms with Crippen molar-refractivity contribution < 1.29 is 57.3 Å². The van der Waals surface area contributed by atoms with E-state index in [1.165, 1.54) is 6.07 Å². The van der Waals surface area contributed by atoms with Gasteiger partial charge in [0.15, 0.2) is 23.6 Å². The quantitative estimate of drug-likeness (QED) is 0.0989. The van der Waals surface area contributed by atoms with Gasteiger partial charge in [0.1, 0.15) is 49.0 Å². The molecular weight excluding hydrogens is 626 g/mol. The van der Waals surface area contributed by atoms with E-state index in [-0.39, 0.29) is 22.9 Å². The van der Waals surface area contributed by atoms with E-state index in [1.54, 1.807) is 0 Å². The number of nitrogens with zero attached hydrogens (tertiary/aromatic N) is 5. The highest BCUT2D eigenvalue weighted by Crippen LogP contribution is 2.49. The molecule has 0 spiro atoms. The summed E-state index contributed by atoms with van der Waals surface area (Å²) in [5.41, 5.74) is 9.21. The van der Waals surface area contributed by atoms with Gasteiger partial charge in [-0.3, -0.25) is 28.0 Å². The summed E-state index contributed by atoms with van der Waals surface area (Å²) in [6, 6.07) is 1.21. The van der Waals surface area contributed by atoms with Crippen molar-refractivity contribution in [3.05, 3.63) is 39.4 Å². The largest absolute Gasteiger partial charge is 0.694 e. The van der Waals surface area contributed by atoms with Crippen LogP contribution in [-0.4, -0.2) is 104 Å². The maximum Gasteiger partial charge on any atom is 0.694 e. The van der Waals surface area contributed by atoms with E-state index in [4.69, 9.17) is 34.9 Å². The Morgan fingerprint density at radius 1 is 1.05 bits per heavy atom. The minimum absolute atomic E-state index is 0.0756. The molecule has 5 rings (SSSR count). The molecule has 2 aliphatic heterocycles. The van der Waals surface area contributed by atoms with E-state index in [9.17, 15) is 38.9 Å². The van der Waals surface area contributed by atoms with Crippen molar-refractivity contribution in [2.75, 3.05) is 24.7 Å². The summed E-state index contributed by atoms with van der Waals surface area (Å²) in [5.74, 6) is -0.385. The minimum atomic E-state index is -5.15. The van der Waals surface area contributed by atoms with Crippen LogP contribution in [-0.2, 0) is 32.2 Å². The van der Waals surface area contributed by atoms with Crippen LogP contribution in [0.15, 0.2) is 28.2 Å². The number of phosphoric acid groups is 1. The number of aliphatic hydroxyl groups is 3. The highest BCUT2D eigenvalue weighted by atomic mass is 31.2. The van der Waals surface area contributed by atoms with Gasteiger partial charge >= 0.3 is 21.8 Å². The summed E-state index contributed by atoms with van der Waals surface area (Å²) >= 11 is 0. The monoisotopic (exact) mass is 651 g/mol. The van der Waals surface area contributed by atoms with Crippen LogP contribution >= 0.6 is 16.1 Å². The number of aromatic amines is 1. The molecule has 2 saturated heterocycles. The van der Waals surface area contributed by atoms with Gasteiger partial charge < -0.3 is 41.2 Å². The molecule has 0 bridgehead atoms. The first-order chi connectivity index (χ1) is 20.3. The second kappa shape index (κ2) is 12.0. The zero-order chi connectivity index (χ0) is 31.2. The molecule has 2 unspecified atom stereocenters. The predicted octanol–water partition coefficient (Wildman–Crippen LogP) is -3.41. The van der Waals surface area contributed by atoms with Crippen LogP contribution in [0.25, 0.3) is 11.2 Å². The van der Waals surface area contributed by atoms with Crippen LogP contribution in [0, 0.1) is 0 Å². The maximum absolute atomic E-state index is 12.9. The molecule has 5 heterocycles. The third kappa shape index (κ3) is 6.36. The lowest BCUT2D eigenvalue weighted by molar-refractivity contribution is -0.0578. The molecule has 3 aromatic rings. The van der Waals surface area contributed by atoms with Crippen molar-refractivity contribution >= 4 is 39.0 Å². The lowest BCUT2D eigenvalue weighted by Crippen LogP contribution is -2.38. The van der Waals surface area contributed by atoms with Gasteiger partial charge in [0.2, 0.25) is 5.95 Å². The molecule has 24 heteroatoms. The number of fused-ring (bicyclic) bond motifs is 1. The average molecular weight is 651 g/mol. The van der Waals surface area contributed by atoms with Gasteiger partial charge in [-0.1, -0.05) is 0 Å². The number of aliphatic hydroxyl groups excluding tert-OH is 3. The fourth-order valence-corrected chi connectivity index (χ4v) is 5.79. The number of ether oxygens (including phenoxy) is 2. The number of aromatic nitrogens is 6. The van der Waals surface area contributed by atoms with Crippen molar-refractivity contribution in [2.45, 2.75) is 49.1 Å². The second-order valence-corrected chi connectivity index (χ2v) is 11.4. The van der Waals surface area contributed by atoms with Gasteiger partial charge in [-0.15, -0.1) is 9.42 Å². The van der Waals surface area contributed by atoms with Gasteiger partial charge in [0, 0.05) is 10.8 Å². The number of hydrogen-bond acceptors (Lipinski definition) is 17. The molecule has 0 saturated carbocycles. The number of nitrogens with two attached hydrogens (primary N) is 2. The molecule has 0 aliphatic carbocycles. The van der Waals surface area contributed by atoms with E-state index in [2.05, 4.69) is 24.5 Å². The van der Waals surface area contributed by atoms with Crippen LogP contribution in [0.2, 0.25) is 0 Å². The Labute approximate surface area is 239 Å². The SMILES string of the molecule is Nc1ccn([C@@H]2O[C@H](CO[P+](=O)O)[C@@H](OP(=O)(O)OC[C@H]3O[C@@H](n4cnc5c(=O)[nH]c(N)nc54)[C@H](O)[C@@H]3O)[C@H]2O)c(=O)n1. The zero-order valence-electron chi connectivity index (χ0n) is 21.5. The number of hydrogen-bond donors (Lipinski definition) is 8. The average Bonchev–Trinajstić information content (AvgIpc) is 3.56. The fourth-order valence-electron chi connectivity index (χ4n) is 4.55. The Kier molecular flexibility index (Phi) is 8.73. The number of imidazole rings is 1. The lowest BCUT2D eigenvalue weighted by atomic mass is 10.1. The second-order valence-electron chi connectivity index (χ2n) is 9.29. The van der Waals surface area contributed by atoms with E-state index in [1.807, 2.05) is 0 Å². The fraction of sp³-hybridized carbons (Fsp3) is 0.526. The molecule has 10 atom stereocenters. The van der Waals surface area contributed by atoms with Crippen molar-refractivity contribution in [1.29, 1.82) is 0 Å². The summed E-state index contributed by atoms with van der Waals surface area (Å²) in [6.07, 6.45) is -10.5. The Bertz CT molecular complexity index is 1680. The van der Waals surface area contributed by atoms with Crippen molar-refractivity contribution in [2.24, 2.45) is 0 Å². The lowest BCUT2D eigenvalue weighted by Gasteiger charge is -2.23. The third-order valence-corrected chi connectivity index (χ3v) is 7.86. The Morgan fingerprint density at radius 2 is 1.74 bits per heavy atom. The van der Waals surface area contributed by atoms with Gasteiger partial charge in [0.05, 0.1) is 12.9 Å². The molecule has 2 aliphatic rings. The highest BCUT2D eigenvalue weighted by molar-refractivity contribution is 7.47. The normalized spacial score (nSPS) is 31.0. The van der Waals surface area contributed by atoms with Crippen molar-refractivity contribution in [3.63, 3.8) is 0 Å². The van der Waals surface area contributed by atoms with Gasteiger partial charge in [-0.25, -0.2) is 14.3 Å². The predicted molar refractivity (Wildman–Crippen MR) is 138 cm³/mol. The molecule has 0 radical (unpaired) electrons. The van der Waals surface area contributed by atoms with Crippen LogP contribution < -0.4 is 22.7 Å². The molecule has 0 aromatic carbocycles. The number of rotatable bonds is 10. The van der Waals surface area contributed by atoms with Crippen LogP contribution in [0.4, 0.5) is 11.8 Å². The third-order valence-electron chi connectivity index (χ3n) is 6.50. The van der Waals surface area contributed by atoms with Crippen LogP contribution in [0.5, 0.6) is 0 Å². The summed E-state index contributed by atoms with van der Waals surface area (Å²) in [7, 11) is -8.30. The van der Waals surface area contributed by atoms with E-state index in [0.717, 1.165) is 21.7 Å². The molecule has 43 heavy (non-hydrogen) atoms. The van der Waals surface area contributed by atoms with E-state index in [0.29, 0.717) is 0 Å². The summed E-state index contributed by atoms with van der Waals surface area (Å²) in [6.45, 7) is -1.57. The molecule has 2 fully saturated rings. The molecule has 0 amide bonds. The Balaban J connectivity index is 1.29. The first-order valence-corrected chi connectivity index (χ1v) is 14.7. The summed E-state index contributed by atoms with van der Waals surface area (Å²) < 4.78 is 51.6.